The van der Waals surface area contributed by atoms with E-state index in [-0.39, 0.29) is 17.4 Å². The molecule has 0 spiro atoms. The number of hydrogen-bond acceptors (Lipinski definition) is 5. The van der Waals surface area contributed by atoms with Crippen molar-refractivity contribution in [3.8, 4) is 6.19 Å². The third-order valence-corrected chi connectivity index (χ3v) is 6.47. The van der Waals surface area contributed by atoms with E-state index in [4.69, 9.17) is 16.9 Å². The maximum atomic E-state index is 12.5. The number of anilines is 2. The van der Waals surface area contributed by atoms with E-state index in [9.17, 15) is 8.42 Å². The van der Waals surface area contributed by atoms with Gasteiger partial charge in [0, 0.05) is 22.3 Å². The quantitative estimate of drug-likeness (QED) is 0.155. The number of benzene rings is 3. The molecule has 0 amide bonds. The van der Waals surface area contributed by atoms with Crippen molar-refractivity contribution >= 4 is 49.9 Å². The van der Waals surface area contributed by atoms with Crippen molar-refractivity contribution < 1.29 is 8.42 Å². The molecule has 0 bridgehead atoms. The summed E-state index contributed by atoms with van der Waals surface area (Å²) in [6.45, 7) is 0.268. The van der Waals surface area contributed by atoms with Crippen LogP contribution in [0.1, 0.15) is 5.56 Å². The lowest BCUT2D eigenvalue weighted by molar-refractivity contribution is 0.601. The van der Waals surface area contributed by atoms with Gasteiger partial charge in [-0.15, -0.1) is 0 Å². The third kappa shape index (κ3) is 5.61. The maximum absolute atomic E-state index is 12.5. The van der Waals surface area contributed by atoms with E-state index in [1.807, 2.05) is 36.5 Å². The molecule has 4 rings (SSSR count). The van der Waals surface area contributed by atoms with Gasteiger partial charge in [0.2, 0.25) is 5.96 Å². The largest absolute Gasteiger partial charge is 0.325 e. The number of halogens is 1. The zero-order valence-electron chi connectivity index (χ0n) is 17.7. The lowest BCUT2D eigenvalue weighted by atomic mass is 10.2. The minimum atomic E-state index is -3.73. The highest BCUT2D eigenvalue weighted by Gasteiger charge is 2.14. The van der Waals surface area contributed by atoms with E-state index in [1.165, 1.54) is 24.3 Å². The highest BCUT2D eigenvalue weighted by Crippen LogP contribution is 2.22. The van der Waals surface area contributed by atoms with Crippen LogP contribution in [0.2, 0.25) is 5.02 Å². The van der Waals surface area contributed by atoms with Crippen LogP contribution >= 0.6 is 11.6 Å². The molecule has 0 aliphatic carbocycles. The van der Waals surface area contributed by atoms with Crippen LogP contribution in [0.3, 0.4) is 0 Å². The summed E-state index contributed by atoms with van der Waals surface area (Å²) in [5.41, 5.74) is 2.83. The summed E-state index contributed by atoms with van der Waals surface area (Å²) in [4.78, 5) is 8.89. The number of guanidine groups is 1. The molecule has 34 heavy (non-hydrogen) atoms. The molecule has 0 fully saturated rings. The van der Waals surface area contributed by atoms with Crippen molar-refractivity contribution in [2.45, 2.75) is 11.4 Å². The van der Waals surface area contributed by atoms with Crippen LogP contribution in [0.5, 0.6) is 0 Å². The van der Waals surface area contributed by atoms with E-state index in [0.717, 1.165) is 22.2 Å². The van der Waals surface area contributed by atoms with Gasteiger partial charge in [-0.25, -0.2) is 13.4 Å². The van der Waals surface area contributed by atoms with Crippen LogP contribution < -0.4 is 15.4 Å². The monoisotopic (exact) mass is 490 g/mol. The molecule has 0 saturated carbocycles. The Kier molecular flexibility index (Phi) is 6.92. The van der Waals surface area contributed by atoms with Crippen LogP contribution in [-0.2, 0) is 16.6 Å². The van der Waals surface area contributed by atoms with Crippen LogP contribution in [0.15, 0.2) is 94.9 Å². The Morgan fingerprint density at radius 1 is 1.00 bits per heavy atom. The molecule has 8 nitrogen and oxygen atoms in total. The number of nitrogens with zero attached hydrogens (tertiary/aromatic N) is 3. The first kappa shape index (κ1) is 23.0. The van der Waals surface area contributed by atoms with E-state index in [2.05, 4.69) is 25.3 Å². The number of nitrogens with one attached hydrogen (secondary N) is 3. The molecular weight excluding hydrogens is 472 g/mol. The molecule has 1 aromatic heterocycles. The summed E-state index contributed by atoms with van der Waals surface area (Å²) in [6, 6.07) is 22.2. The number of rotatable bonds is 6. The summed E-state index contributed by atoms with van der Waals surface area (Å²) < 4.78 is 27.6. The molecule has 0 aliphatic heterocycles. The van der Waals surface area contributed by atoms with Gasteiger partial charge in [0.15, 0.2) is 6.19 Å². The van der Waals surface area contributed by atoms with E-state index in [0.29, 0.717) is 10.7 Å². The second kappa shape index (κ2) is 10.2. The first-order chi connectivity index (χ1) is 16.4. The van der Waals surface area contributed by atoms with E-state index < -0.39 is 10.0 Å². The molecule has 4 aromatic rings. The van der Waals surface area contributed by atoms with Gasteiger partial charge in [-0.05, 0) is 66.2 Å². The molecule has 0 aliphatic rings. The van der Waals surface area contributed by atoms with Gasteiger partial charge in [-0.3, -0.25) is 15.0 Å². The Morgan fingerprint density at radius 3 is 2.50 bits per heavy atom. The number of hydrogen-bond donors (Lipinski definition) is 3. The molecule has 0 atom stereocenters. The van der Waals surface area contributed by atoms with Crippen molar-refractivity contribution in [1.82, 2.24) is 10.3 Å². The predicted octanol–water partition coefficient (Wildman–Crippen LogP) is 4.73. The lowest BCUT2D eigenvalue weighted by Gasteiger charge is -2.11. The topological polar surface area (TPSA) is 119 Å². The minimum absolute atomic E-state index is 0.118. The summed E-state index contributed by atoms with van der Waals surface area (Å²) in [7, 11) is -3.73. The van der Waals surface area contributed by atoms with Gasteiger partial charge in [0.25, 0.3) is 10.0 Å². The Labute approximate surface area is 202 Å². The maximum Gasteiger partial charge on any atom is 0.261 e. The fourth-order valence-electron chi connectivity index (χ4n) is 3.18. The minimum Gasteiger partial charge on any atom is -0.325 e. The van der Waals surface area contributed by atoms with Crippen LogP contribution in [0, 0.1) is 11.5 Å². The predicted molar refractivity (Wildman–Crippen MR) is 134 cm³/mol. The summed E-state index contributed by atoms with van der Waals surface area (Å²) >= 11 is 5.83. The highest BCUT2D eigenvalue weighted by molar-refractivity contribution is 7.92. The second-order valence-corrected chi connectivity index (χ2v) is 9.28. The van der Waals surface area contributed by atoms with Gasteiger partial charge >= 0.3 is 0 Å². The van der Waals surface area contributed by atoms with Gasteiger partial charge in [-0.2, -0.15) is 5.26 Å². The van der Waals surface area contributed by atoms with E-state index in [1.54, 1.807) is 30.5 Å². The highest BCUT2D eigenvalue weighted by atomic mass is 35.5. The van der Waals surface area contributed by atoms with Gasteiger partial charge < -0.3 is 5.32 Å². The van der Waals surface area contributed by atoms with Crippen molar-refractivity contribution in [3.63, 3.8) is 0 Å². The molecule has 0 unspecified atom stereocenters. The fraction of sp³-hybridized carbons (Fsp3) is 0.0417. The third-order valence-electron chi connectivity index (χ3n) is 4.82. The standard InChI is InChI=1S/C24H19ClN6O2S/c25-18-8-12-20(13-9-18)34(32,33)31-19-10-6-17(7-11-19)15-28-24(29-16-26)30-23-5-1-4-22-21(23)3-2-14-27-22/h1-14,31H,15H2,(H2,28,29,30). The van der Waals surface area contributed by atoms with Gasteiger partial charge in [0.1, 0.15) is 0 Å². The molecule has 10 heteroatoms. The normalized spacial score (nSPS) is 11.6. The number of aromatic nitrogens is 1. The molecule has 0 radical (unpaired) electrons. The summed E-state index contributed by atoms with van der Waals surface area (Å²) in [6.07, 6.45) is 3.60. The molecule has 3 N–H and O–H groups in total. The SMILES string of the molecule is N#CNC(=NCc1ccc(NS(=O)(=O)c2ccc(Cl)cc2)cc1)Nc1cccc2ncccc12. The Hall–Kier alpha value is -4.13. The zero-order valence-corrected chi connectivity index (χ0v) is 19.3. The van der Waals surface area contributed by atoms with Gasteiger partial charge in [-0.1, -0.05) is 29.8 Å². The number of fused-ring (bicyclic) bond motifs is 1. The van der Waals surface area contributed by atoms with Crippen molar-refractivity contribution in [1.29, 1.82) is 5.26 Å². The Bertz CT molecular complexity index is 1480. The first-order valence-corrected chi connectivity index (χ1v) is 12.0. The van der Waals surface area contributed by atoms with Crippen LogP contribution in [0.4, 0.5) is 11.4 Å². The Balaban J connectivity index is 1.46. The number of pyridine rings is 1. The Morgan fingerprint density at radius 2 is 1.76 bits per heavy atom. The summed E-state index contributed by atoms with van der Waals surface area (Å²) in [5.74, 6) is 0.284. The van der Waals surface area contributed by atoms with Crippen molar-refractivity contribution in [2.24, 2.45) is 4.99 Å². The molecule has 3 aromatic carbocycles. The number of nitriles is 1. The smallest absolute Gasteiger partial charge is 0.261 e. The van der Waals surface area contributed by atoms with Crippen LogP contribution in [-0.4, -0.2) is 19.4 Å². The number of sulfonamides is 1. The van der Waals surface area contributed by atoms with Crippen molar-refractivity contribution in [2.75, 3.05) is 10.0 Å². The van der Waals surface area contributed by atoms with Crippen molar-refractivity contribution in [3.05, 3.63) is 95.6 Å². The fourth-order valence-corrected chi connectivity index (χ4v) is 4.36. The van der Waals surface area contributed by atoms with Crippen LogP contribution in [0.25, 0.3) is 10.9 Å². The average Bonchev–Trinajstić information content (AvgIpc) is 2.84. The van der Waals surface area contributed by atoms with Gasteiger partial charge in [0.05, 0.1) is 22.6 Å². The molecular formula is C24H19ClN6O2S. The average molecular weight is 491 g/mol. The summed E-state index contributed by atoms with van der Waals surface area (Å²) in [5, 5.41) is 16.2. The zero-order chi connectivity index (χ0) is 24.0. The second-order valence-electron chi connectivity index (χ2n) is 7.16. The lowest BCUT2D eigenvalue weighted by Crippen LogP contribution is -2.27. The molecule has 170 valence electrons. The van der Waals surface area contributed by atoms with E-state index >= 15 is 0 Å². The number of aliphatic imine (C=N–C) groups is 1. The molecule has 1 heterocycles. The first-order valence-electron chi connectivity index (χ1n) is 10.1. The molecule has 0 saturated heterocycles.